The van der Waals surface area contributed by atoms with Gasteiger partial charge in [0.25, 0.3) is 0 Å². The van der Waals surface area contributed by atoms with Gasteiger partial charge in [-0.05, 0) is 73.2 Å². The maximum atomic E-state index is 6.01. The number of anilines is 2. The number of imidazole rings is 1. The summed E-state index contributed by atoms with van der Waals surface area (Å²) in [7, 11) is 0. The van der Waals surface area contributed by atoms with Crippen molar-refractivity contribution in [2.24, 2.45) is 0 Å². The molecule has 0 atom stereocenters. The minimum absolute atomic E-state index is 0.340. The van der Waals surface area contributed by atoms with E-state index in [2.05, 4.69) is 20.6 Å². The van der Waals surface area contributed by atoms with E-state index in [1.165, 1.54) is 0 Å². The Hall–Kier alpha value is -3.09. The lowest BCUT2D eigenvalue weighted by Crippen LogP contribution is -2.19. The van der Waals surface area contributed by atoms with E-state index in [0.717, 1.165) is 39.5 Å². The van der Waals surface area contributed by atoms with Crippen LogP contribution in [0.4, 0.5) is 11.4 Å². The first-order valence-corrected chi connectivity index (χ1v) is 9.86. The van der Waals surface area contributed by atoms with E-state index >= 15 is 0 Å². The minimum Gasteiger partial charge on any atom is -0.486 e. The maximum absolute atomic E-state index is 6.01. The van der Waals surface area contributed by atoms with Gasteiger partial charge in [-0.15, -0.1) is 0 Å². The first-order chi connectivity index (χ1) is 14.1. The molecule has 0 aliphatic heterocycles. The van der Waals surface area contributed by atoms with Crippen LogP contribution in [0.25, 0.3) is 11.0 Å². The average molecular weight is 423 g/mol. The number of aryl methyl sites for hydroxylation is 1. The Balaban J connectivity index is 1.33. The number of para-hydroxylation sites is 1. The highest BCUT2D eigenvalue weighted by molar-refractivity contribution is 7.80. The molecule has 0 aliphatic rings. The Morgan fingerprint density at radius 2 is 1.86 bits per heavy atom. The van der Waals surface area contributed by atoms with Gasteiger partial charge in [0.05, 0.1) is 11.0 Å². The van der Waals surface area contributed by atoms with Crippen molar-refractivity contribution in [1.29, 1.82) is 0 Å². The summed E-state index contributed by atoms with van der Waals surface area (Å²) < 4.78 is 5.82. The van der Waals surface area contributed by atoms with Crippen molar-refractivity contribution in [2.45, 2.75) is 13.5 Å². The normalized spacial score (nSPS) is 10.7. The molecule has 1 aromatic heterocycles. The van der Waals surface area contributed by atoms with E-state index in [-0.39, 0.29) is 0 Å². The summed E-state index contributed by atoms with van der Waals surface area (Å²) in [5, 5.41) is 7.59. The predicted molar refractivity (Wildman–Crippen MR) is 123 cm³/mol. The number of nitrogens with zero attached hydrogens (tertiary/aromatic N) is 1. The molecule has 0 unspecified atom stereocenters. The molecule has 0 saturated carbocycles. The standard InChI is InChI=1S/C22H19ClN4OS/c1-14-4-2-3-5-18(14)27-22(29)24-16-7-9-17(10-8-16)28-13-21-25-19-11-6-15(23)12-20(19)26-21/h2-12H,13H2,1H3,(H,25,26)(H2,24,27,29). The number of aromatic amines is 1. The summed E-state index contributed by atoms with van der Waals surface area (Å²) in [4.78, 5) is 7.71. The number of hydrogen-bond acceptors (Lipinski definition) is 3. The number of ether oxygens (including phenoxy) is 1. The van der Waals surface area contributed by atoms with Crippen molar-refractivity contribution in [3.8, 4) is 5.75 Å². The molecule has 3 N–H and O–H groups in total. The third-order valence-corrected chi connectivity index (χ3v) is 4.81. The van der Waals surface area contributed by atoms with E-state index < -0.39 is 0 Å². The molecule has 0 amide bonds. The van der Waals surface area contributed by atoms with E-state index in [4.69, 9.17) is 28.6 Å². The highest BCUT2D eigenvalue weighted by Gasteiger charge is 2.05. The van der Waals surface area contributed by atoms with Crippen molar-refractivity contribution in [3.63, 3.8) is 0 Å². The summed E-state index contributed by atoms with van der Waals surface area (Å²) in [6.07, 6.45) is 0. The highest BCUT2D eigenvalue weighted by Crippen LogP contribution is 2.20. The second-order valence-corrected chi connectivity index (χ2v) is 7.40. The quantitative estimate of drug-likeness (QED) is 0.349. The Morgan fingerprint density at radius 3 is 2.66 bits per heavy atom. The molecule has 4 rings (SSSR count). The molecule has 3 aromatic carbocycles. The zero-order valence-corrected chi connectivity index (χ0v) is 17.3. The number of thiocarbonyl (C=S) groups is 1. The lowest BCUT2D eigenvalue weighted by Gasteiger charge is -2.13. The summed E-state index contributed by atoms with van der Waals surface area (Å²) in [6, 6.07) is 21.2. The van der Waals surface area contributed by atoms with Crippen LogP contribution in [0.5, 0.6) is 5.75 Å². The second kappa shape index (κ2) is 8.51. The van der Waals surface area contributed by atoms with Gasteiger partial charge in [-0.2, -0.15) is 0 Å². The van der Waals surface area contributed by atoms with Crippen molar-refractivity contribution in [2.75, 3.05) is 10.6 Å². The molecule has 0 radical (unpaired) electrons. The molecule has 1 heterocycles. The Bertz CT molecular complexity index is 1160. The largest absolute Gasteiger partial charge is 0.486 e. The van der Waals surface area contributed by atoms with Gasteiger partial charge in [0.1, 0.15) is 18.2 Å². The van der Waals surface area contributed by atoms with Crippen molar-refractivity contribution >= 4 is 51.3 Å². The zero-order valence-electron chi connectivity index (χ0n) is 15.7. The smallest absolute Gasteiger partial charge is 0.175 e. The summed E-state index contributed by atoms with van der Waals surface area (Å²) in [5.74, 6) is 1.49. The van der Waals surface area contributed by atoms with E-state index in [1.54, 1.807) is 0 Å². The predicted octanol–water partition coefficient (Wildman–Crippen LogP) is 5.91. The molecule has 29 heavy (non-hydrogen) atoms. The molecule has 0 saturated heterocycles. The lowest BCUT2D eigenvalue weighted by atomic mass is 10.2. The number of hydrogen-bond donors (Lipinski definition) is 3. The fourth-order valence-corrected chi connectivity index (χ4v) is 3.29. The van der Waals surface area contributed by atoms with E-state index in [0.29, 0.717) is 16.7 Å². The first-order valence-electron chi connectivity index (χ1n) is 9.07. The van der Waals surface area contributed by atoms with Crippen LogP contribution in [-0.4, -0.2) is 15.1 Å². The monoisotopic (exact) mass is 422 g/mol. The van der Waals surface area contributed by atoms with Gasteiger partial charge >= 0.3 is 0 Å². The van der Waals surface area contributed by atoms with Crippen molar-refractivity contribution in [1.82, 2.24) is 9.97 Å². The molecular formula is C22H19ClN4OS. The molecule has 0 aliphatic carbocycles. The van der Waals surface area contributed by atoms with Crippen LogP contribution in [0.3, 0.4) is 0 Å². The maximum Gasteiger partial charge on any atom is 0.175 e. The number of fused-ring (bicyclic) bond motifs is 1. The van der Waals surface area contributed by atoms with Gasteiger partial charge in [0.2, 0.25) is 0 Å². The summed E-state index contributed by atoms with van der Waals surface area (Å²) in [6.45, 7) is 2.38. The molecule has 0 spiro atoms. The molecule has 4 aromatic rings. The molecule has 5 nitrogen and oxygen atoms in total. The summed E-state index contributed by atoms with van der Waals surface area (Å²) >= 11 is 11.4. The van der Waals surface area contributed by atoms with Gasteiger partial charge in [-0.25, -0.2) is 4.98 Å². The van der Waals surface area contributed by atoms with Crippen LogP contribution in [0.1, 0.15) is 11.4 Å². The van der Waals surface area contributed by atoms with Crippen molar-refractivity contribution in [3.05, 3.63) is 83.1 Å². The fraction of sp³-hybridized carbons (Fsp3) is 0.0909. The van der Waals surface area contributed by atoms with E-state index in [1.807, 2.05) is 73.7 Å². The zero-order chi connectivity index (χ0) is 20.2. The molecule has 0 bridgehead atoms. The molecule has 7 heteroatoms. The van der Waals surface area contributed by atoms with Gasteiger partial charge < -0.3 is 20.4 Å². The number of nitrogens with one attached hydrogen (secondary N) is 3. The Labute approximate surface area is 179 Å². The van der Waals surface area contributed by atoms with Crippen LogP contribution in [0.2, 0.25) is 5.02 Å². The van der Waals surface area contributed by atoms with E-state index in [9.17, 15) is 0 Å². The van der Waals surface area contributed by atoms with Crippen LogP contribution >= 0.6 is 23.8 Å². The third-order valence-electron chi connectivity index (χ3n) is 4.37. The average Bonchev–Trinajstić information content (AvgIpc) is 3.11. The second-order valence-electron chi connectivity index (χ2n) is 6.55. The first kappa shape index (κ1) is 19.2. The molecule has 0 fully saturated rings. The van der Waals surface area contributed by atoms with Crippen LogP contribution < -0.4 is 15.4 Å². The molecular weight excluding hydrogens is 404 g/mol. The SMILES string of the molecule is Cc1ccccc1NC(=S)Nc1ccc(OCc2nc3ccc(Cl)cc3[nH]2)cc1. The van der Waals surface area contributed by atoms with Crippen LogP contribution in [-0.2, 0) is 6.61 Å². The number of H-pyrrole nitrogens is 1. The topological polar surface area (TPSA) is 62.0 Å². The van der Waals surface area contributed by atoms with Crippen LogP contribution in [0, 0.1) is 6.92 Å². The highest BCUT2D eigenvalue weighted by atomic mass is 35.5. The molecule has 146 valence electrons. The fourth-order valence-electron chi connectivity index (χ4n) is 2.89. The summed E-state index contributed by atoms with van der Waals surface area (Å²) in [5.41, 5.74) is 4.75. The Kier molecular flexibility index (Phi) is 5.64. The van der Waals surface area contributed by atoms with Gasteiger partial charge in [-0.1, -0.05) is 29.8 Å². The van der Waals surface area contributed by atoms with Gasteiger partial charge in [0.15, 0.2) is 5.11 Å². The number of rotatable bonds is 5. The van der Waals surface area contributed by atoms with Crippen LogP contribution in [0.15, 0.2) is 66.7 Å². The van der Waals surface area contributed by atoms with Gasteiger partial charge in [0, 0.05) is 16.4 Å². The number of aromatic nitrogens is 2. The van der Waals surface area contributed by atoms with Gasteiger partial charge in [-0.3, -0.25) is 0 Å². The lowest BCUT2D eigenvalue weighted by molar-refractivity contribution is 0.297. The number of benzene rings is 3. The Morgan fingerprint density at radius 1 is 1.07 bits per heavy atom. The van der Waals surface area contributed by atoms with Crippen molar-refractivity contribution < 1.29 is 4.74 Å². The third kappa shape index (κ3) is 4.85. The minimum atomic E-state index is 0.340. The number of halogens is 1.